The van der Waals surface area contributed by atoms with E-state index in [1.54, 1.807) is 61.5 Å². The molecule has 11 heteroatoms. The molecule has 0 fully saturated rings. The molecule has 0 aromatic heterocycles. The predicted octanol–water partition coefficient (Wildman–Crippen LogP) is 6.59. The van der Waals surface area contributed by atoms with E-state index < -0.39 is 28.5 Å². The summed E-state index contributed by atoms with van der Waals surface area (Å²) in [6, 6.07) is 17.0. The number of aryl methyl sites for hydroxylation is 1. The molecule has 0 saturated carbocycles. The Hall–Kier alpha value is -2.59. The molecule has 3 rings (SSSR count). The maximum Gasteiger partial charge on any atom is 0.264 e. The maximum atomic E-state index is 14.1. The molecular formula is C29H32BrCl2N3O4S. The normalized spacial score (nSPS) is 12.2. The molecule has 40 heavy (non-hydrogen) atoms. The molecule has 0 saturated heterocycles. The van der Waals surface area contributed by atoms with Crippen molar-refractivity contribution in [2.24, 2.45) is 0 Å². The van der Waals surface area contributed by atoms with E-state index in [1.165, 1.54) is 17.0 Å². The Morgan fingerprint density at radius 1 is 0.975 bits per heavy atom. The smallest absolute Gasteiger partial charge is 0.264 e. The summed E-state index contributed by atoms with van der Waals surface area (Å²) in [6.07, 6.45) is 0.286. The van der Waals surface area contributed by atoms with E-state index in [-0.39, 0.29) is 29.8 Å². The van der Waals surface area contributed by atoms with Crippen LogP contribution in [-0.2, 0) is 26.2 Å². The van der Waals surface area contributed by atoms with Crippen LogP contribution in [0.5, 0.6) is 0 Å². The van der Waals surface area contributed by atoms with E-state index in [4.69, 9.17) is 23.2 Å². The van der Waals surface area contributed by atoms with Crippen LogP contribution in [-0.4, -0.2) is 43.8 Å². The molecule has 1 unspecified atom stereocenters. The van der Waals surface area contributed by atoms with Crippen molar-refractivity contribution in [2.45, 2.75) is 57.6 Å². The molecule has 0 aliphatic heterocycles. The van der Waals surface area contributed by atoms with Gasteiger partial charge in [-0.15, -0.1) is 0 Å². The second-order valence-corrected chi connectivity index (χ2v) is 13.2. The van der Waals surface area contributed by atoms with Crippen molar-refractivity contribution in [1.82, 2.24) is 10.2 Å². The van der Waals surface area contributed by atoms with Crippen molar-refractivity contribution in [3.05, 3.63) is 92.4 Å². The zero-order valence-corrected chi connectivity index (χ0v) is 26.6. The van der Waals surface area contributed by atoms with Gasteiger partial charge in [0.05, 0.1) is 10.6 Å². The van der Waals surface area contributed by atoms with Crippen molar-refractivity contribution in [1.29, 1.82) is 0 Å². The van der Waals surface area contributed by atoms with Crippen molar-refractivity contribution < 1.29 is 18.0 Å². The zero-order valence-electron chi connectivity index (χ0n) is 22.7. The van der Waals surface area contributed by atoms with Crippen molar-refractivity contribution in [2.75, 3.05) is 10.8 Å². The third-order valence-electron chi connectivity index (χ3n) is 6.19. The minimum absolute atomic E-state index is 0.0381. The number of hydrogen-bond acceptors (Lipinski definition) is 4. The van der Waals surface area contributed by atoms with Crippen LogP contribution in [0.25, 0.3) is 0 Å². The van der Waals surface area contributed by atoms with Gasteiger partial charge in [0.15, 0.2) is 0 Å². The van der Waals surface area contributed by atoms with Crippen molar-refractivity contribution >= 4 is 66.7 Å². The van der Waals surface area contributed by atoms with Crippen LogP contribution in [0.1, 0.15) is 38.3 Å². The molecule has 214 valence electrons. The van der Waals surface area contributed by atoms with Crippen LogP contribution in [0.15, 0.2) is 76.1 Å². The first-order valence-electron chi connectivity index (χ1n) is 12.7. The Labute approximate surface area is 254 Å². The lowest BCUT2D eigenvalue weighted by molar-refractivity contribution is -0.140. The molecule has 7 nitrogen and oxygen atoms in total. The highest BCUT2D eigenvalue weighted by atomic mass is 79.9. The van der Waals surface area contributed by atoms with Gasteiger partial charge in [-0.2, -0.15) is 0 Å². The van der Waals surface area contributed by atoms with Crippen LogP contribution in [0.2, 0.25) is 10.0 Å². The van der Waals surface area contributed by atoms with Crippen LogP contribution in [0, 0.1) is 6.92 Å². The number of benzene rings is 3. The summed E-state index contributed by atoms with van der Waals surface area (Å²) in [7, 11) is -4.16. The molecule has 1 N–H and O–H groups in total. The molecule has 0 aliphatic carbocycles. The van der Waals surface area contributed by atoms with Gasteiger partial charge in [-0.3, -0.25) is 13.9 Å². The largest absolute Gasteiger partial charge is 0.352 e. The number of nitrogens with one attached hydrogen (secondary N) is 1. The van der Waals surface area contributed by atoms with E-state index in [0.717, 1.165) is 9.87 Å². The average molecular weight is 669 g/mol. The fourth-order valence-electron chi connectivity index (χ4n) is 4.15. The number of halogens is 3. The van der Waals surface area contributed by atoms with Gasteiger partial charge in [-0.1, -0.05) is 75.9 Å². The molecule has 0 heterocycles. The van der Waals surface area contributed by atoms with Crippen LogP contribution >= 0.6 is 39.1 Å². The molecule has 3 aromatic carbocycles. The Morgan fingerprint density at radius 3 is 2.12 bits per heavy atom. The molecular weight excluding hydrogens is 637 g/mol. The van der Waals surface area contributed by atoms with Gasteiger partial charge in [0, 0.05) is 32.7 Å². The quantitative estimate of drug-likeness (QED) is 0.250. The van der Waals surface area contributed by atoms with Crippen LogP contribution in [0.4, 0.5) is 5.69 Å². The average Bonchev–Trinajstić information content (AvgIpc) is 2.88. The first-order valence-corrected chi connectivity index (χ1v) is 15.7. The number of amides is 2. The second-order valence-electron chi connectivity index (χ2n) is 9.61. The third kappa shape index (κ3) is 7.78. The lowest BCUT2D eigenvalue weighted by Crippen LogP contribution is -2.53. The van der Waals surface area contributed by atoms with Gasteiger partial charge in [-0.05, 0) is 69.7 Å². The molecule has 1 atom stereocenters. The number of hydrogen-bond donors (Lipinski definition) is 1. The van der Waals surface area contributed by atoms with Gasteiger partial charge < -0.3 is 10.2 Å². The highest BCUT2D eigenvalue weighted by molar-refractivity contribution is 9.10. The van der Waals surface area contributed by atoms with Crippen molar-refractivity contribution in [3.8, 4) is 0 Å². The van der Waals surface area contributed by atoms with Gasteiger partial charge in [0.1, 0.15) is 12.6 Å². The number of carbonyl (C=O) groups excluding carboxylic acids is 2. The monoisotopic (exact) mass is 667 g/mol. The van der Waals surface area contributed by atoms with Gasteiger partial charge >= 0.3 is 0 Å². The Kier molecular flexibility index (Phi) is 11.1. The first-order chi connectivity index (χ1) is 18.8. The van der Waals surface area contributed by atoms with E-state index in [0.29, 0.717) is 25.8 Å². The highest BCUT2D eigenvalue weighted by Crippen LogP contribution is 2.29. The summed E-state index contributed by atoms with van der Waals surface area (Å²) in [5.41, 5.74) is 1.65. The minimum atomic E-state index is -4.16. The van der Waals surface area contributed by atoms with Crippen LogP contribution < -0.4 is 9.62 Å². The highest BCUT2D eigenvalue weighted by Gasteiger charge is 2.34. The molecule has 0 aliphatic rings. The zero-order chi connectivity index (χ0) is 29.6. The lowest BCUT2D eigenvalue weighted by Gasteiger charge is -2.34. The molecule has 2 amide bonds. The minimum Gasteiger partial charge on any atom is -0.352 e. The number of nitrogens with zero attached hydrogens (tertiary/aromatic N) is 2. The Morgan fingerprint density at radius 2 is 1.57 bits per heavy atom. The number of anilines is 1. The summed E-state index contributed by atoms with van der Waals surface area (Å²) in [6.45, 7) is 6.65. The summed E-state index contributed by atoms with van der Waals surface area (Å²) < 4.78 is 29.5. The fraction of sp³-hybridized carbons (Fsp3) is 0.310. The van der Waals surface area contributed by atoms with Gasteiger partial charge in [-0.25, -0.2) is 8.42 Å². The van der Waals surface area contributed by atoms with E-state index >= 15 is 0 Å². The first kappa shape index (κ1) is 31.9. The number of rotatable bonds is 11. The lowest BCUT2D eigenvalue weighted by atomic mass is 10.1. The van der Waals surface area contributed by atoms with Crippen molar-refractivity contribution in [3.63, 3.8) is 0 Å². The predicted molar refractivity (Wildman–Crippen MR) is 164 cm³/mol. The second kappa shape index (κ2) is 13.9. The molecule has 0 radical (unpaired) electrons. The van der Waals surface area contributed by atoms with Crippen LogP contribution in [0.3, 0.4) is 0 Å². The van der Waals surface area contributed by atoms with Gasteiger partial charge in [0.25, 0.3) is 10.0 Å². The van der Waals surface area contributed by atoms with Gasteiger partial charge in [0.2, 0.25) is 11.8 Å². The SMILES string of the molecule is CCC(C(=O)NC(C)C)N(Cc1c(Cl)cccc1Cl)C(=O)CN(c1cccc(Br)c1)S(=O)(=O)c1ccc(C)cc1. The molecule has 0 bridgehead atoms. The molecule has 3 aromatic rings. The Bertz CT molecular complexity index is 1450. The number of carbonyl (C=O) groups is 2. The molecule has 0 spiro atoms. The van der Waals surface area contributed by atoms with E-state index in [1.807, 2.05) is 20.8 Å². The van der Waals surface area contributed by atoms with E-state index in [9.17, 15) is 18.0 Å². The maximum absolute atomic E-state index is 14.1. The summed E-state index contributed by atoms with van der Waals surface area (Å²) >= 11 is 16.3. The fourth-order valence-corrected chi connectivity index (χ4v) is 6.46. The Balaban J connectivity index is 2.11. The summed E-state index contributed by atoms with van der Waals surface area (Å²) in [5.74, 6) is -0.943. The standard InChI is InChI=1S/C29H32BrCl2N3O4S/c1-5-27(29(37)33-19(2)3)34(17-24-25(31)10-7-11-26(24)32)28(36)18-35(22-9-6-8-21(30)16-22)40(38,39)23-14-12-20(4)13-15-23/h6-16,19,27H,5,17-18H2,1-4H3,(H,33,37). The topological polar surface area (TPSA) is 86.8 Å². The third-order valence-corrected chi connectivity index (χ3v) is 9.18. The number of sulfonamides is 1. The summed E-state index contributed by atoms with van der Waals surface area (Å²) in [5, 5.41) is 3.53. The van der Waals surface area contributed by atoms with E-state index in [2.05, 4.69) is 21.2 Å². The summed E-state index contributed by atoms with van der Waals surface area (Å²) in [4.78, 5) is 28.7.